The highest BCUT2D eigenvalue weighted by Gasteiger charge is 2.30. The van der Waals surface area contributed by atoms with Gasteiger partial charge >= 0.3 is 6.18 Å². The van der Waals surface area contributed by atoms with Crippen LogP contribution in [0, 0.1) is 11.8 Å². The third-order valence-electron chi connectivity index (χ3n) is 5.08. The quantitative estimate of drug-likeness (QED) is 0.353. The summed E-state index contributed by atoms with van der Waals surface area (Å²) in [6, 6.07) is 14.2. The van der Waals surface area contributed by atoms with Gasteiger partial charge in [-0.2, -0.15) is 13.2 Å². The summed E-state index contributed by atoms with van der Waals surface area (Å²) in [5.41, 5.74) is 1.75. The van der Waals surface area contributed by atoms with Crippen molar-refractivity contribution in [3.05, 3.63) is 106 Å². The van der Waals surface area contributed by atoms with Crippen LogP contribution >= 0.6 is 11.6 Å². The fourth-order valence-electron chi connectivity index (χ4n) is 3.22. The van der Waals surface area contributed by atoms with Crippen LogP contribution in [0.1, 0.15) is 35.2 Å². The van der Waals surface area contributed by atoms with Gasteiger partial charge in [0.05, 0.1) is 10.6 Å². The van der Waals surface area contributed by atoms with Crippen LogP contribution in [0.4, 0.5) is 13.2 Å². The Morgan fingerprint density at radius 1 is 0.943 bits per heavy atom. The van der Waals surface area contributed by atoms with E-state index >= 15 is 0 Å². The molecule has 4 rings (SSSR count). The van der Waals surface area contributed by atoms with E-state index in [1.807, 2.05) is 42.5 Å². The molecule has 0 fully saturated rings. The summed E-state index contributed by atoms with van der Waals surface area (Å²) in [5.74, 6) is 6.12. The van der Waals surface area contributed by atoms with E-state index < -0.39 is 11.7 Å². The van der Waals surface area contributed by atoms with Gasteiger partial charge in [0.25, 0.3) is 5.88 Å². The number of halogens is 4. The van der Waals surface area contributed by atoms with E-state index in [9.17, 15) is 13.2 Å². The minimum Gasteiger partial charge on any atom is -0.483 e. The smallest absolute Gasteiger partial charge is 0.416 e. The summed E-state index contributed by atoms with van der Waals surface area (Å²) >= 11 is 6.00. The maximum Gasteiger partial charge on any atom is 0.416 e. The molecule has 0 N–H and O–H groups in total. The Labute approximate surface area is 206 Å². The van der Waals surface area contributed by atoms with Crippen LogP contribution < -0.4 is 9.47 Å². The Morgan fingerprint density at radius 2 is 1.77 bits per heavy atom. The Kier molecular flexibility index (Phi) is 7.74. The van der Waals surface area contributed by atoms with Gasteiger partial charge in [-0.25, -0.2) is 0 Å². The maximum absolute atomic E-state index is 12.9. The zero-order valence-electron chi connectivity index (χ0n) is 18.5. The van der Waals surface area contributed by atoms with Crippen LogP contribution in [-0.2, 0) is 12.8 Å². The van der Waals surface area contributed by atoms with Crippen molar-refractivity contribution >= 4 is 11.6 Å². The molecule has 0 atom stereocenters. The molecule has 2 aromatic carbocycles. The zero-order chi connectivity index (χ0) is 24.7. The normalized spacial score (nSPS) is 13.0. The molecule has 3 aromatic rings. The first-order chi connectivity index (χ1) is 16.9. The lowest BCUT2D eigenvalue weighted by atomic mass is 10.1. The highest BCUT2D eigenvalue weighted by Crippen LogP contribution is 2.32. The summed E-state index contributed by atoms with van der Waals surface area (Å²) in [7, 11) is 0. The van der Waals surface area contributed by atoms with Gasteiger partial charge in [0, 0.05) is 11.6 Å². The largest absolute Gasteiger partial charge is 0.483 e. The summed E-state index contributed by atoms with van der Waals surface area (Å²) < 4.78 is 50.4. The molecule has 0 saturated heterocycles. The molecule has 0 spiro atoms. The number of nitrogens with zero attached hydrogens (tertiary/aromatic N) is 2. The van der Waals surface area contributed by atoms with Gasteiger partial charge in [0.2, 0.25) is 0 Å². The van der Waals surface area contributed by atoms with Crippen molar-refractivity contribution in [2.75, 3.05) is 6.61 Å². The summed E-state index contributed by atoms with van der Waals surface area (Å²) in [4.78, 5) is 0. The Morgan fingerprint density at radius 3 is 2.49 bits per heavy atom. The summed E-state index contributed by atoms with van der Waals surface area (Å²) in [5, 5.41) is 8.10. The molecule has 0 unspecified atom stereocenters. The highest BCUT2D eigenvalue weighted by molar-refractivity contribution is 6.31. The van der Waals surface area contributed by atoms with Gasteiger partial charge in [-0.05, 0) is 48.1 Å². The lowest BCUT2D eigenvalue weighted by Gasteiger charge is -2.13. The van der Waals surface area contributed by atoms with Crippen molar-refractivity contribution in [1.29, 1.82) is 0 Å². The lowest BCUT2D eigenvalue weighted by molar-refractivity contribution is -0.137. The van der Waals surface area contributed by atoms with Crippen LogP contribution in [0.15, 0.2) is 78.4 Å². The number of hydrogen-bond acceptors (Lipinski definition) is 4. The molecular formula is C27H20ClF3N2O2. The van der Waals surface area contributed by atoms with Crippen LogP contribution in [-0.4, -0.2) is 16.8 Å². The van der Waals surface area contributed by atoms with Crippen molar-refractivity contribution in [2.45, 2.75) is 25.6 Å². The number of alkyl halides is 3. The minimum atomic E-state index is -4.48. The molecule has 35 heavy (non-hydrogen) atoms. The van der Waals surface area contributed by atoms with Crippen LogP contribution in [0.2, 0.25) is 5.02 Å². The third kappa shape index (κ3) is 6.87. The van der Waals surface area contributed by atoms with Gasteiger partial charge < -0.3 is 9.47 Å². The second kappa shape index (κ2) is 11.1. The Hall–Kier alpha value is -3.76. The molecule has 1 aliphatic carbocycles. The first kappa shape index (κ1) is 24.4. The molecule has 0 aliphatic heterocycles. The molecular weight excluding hydrogens is 477 g/mol. The maximum atomic E-state index is 12.9. The predicted octanol–water partition coefficient (Wildman–Crippen LogP) is 6.78. The summed E-state index contributed by atoms with van der Waals surface area (Å²) in [6.45, 7) is 0.638. The van der Waals surface area contributed by atoms with E-state index in [0.29, 0.717) is 12.4 Å². The molecule has 0 saturated carbocycles. The van der Waals surface area contributed by atoms with Gasteiger partial charge in [0.1, 0.15) is 18.9 Å². The number of rotatable bonds is 6. The lowest BCUT2D eigenvalue weighted by Crippen LogP contribution is -2.07. The third-order valence-corrected chi connectivity index (χ3v) is 5.39. The molecule has 1 aromatic heterocycles. The number of hydrogen-bond donors (Lipinski definition) is 0. The van der Waals surface area contributed by atoms with Crippen LogP contribution in [0.5, 0.6) is 11.6 Å². The number of allylic oxidation sites excluding steroid dienone is 3. The molecule has 1 heterocycles. The van der Waals surface area contributed by atoms with Crippen molar-refractivity contribution < 1.29 is 22.6 Å². The van der Waals surface area contributed by atoms with Gasteiger partial charge in [-0.1, -0.05) is 66.1 Å². The molecule has 1 aliphatic rings. The summed E-state index contributed by atoms with van der Waals surface area (Å²) in [6.07, 6.45) is 3.47. The minimum absolute atomic E-state index is 0.101. The van der Waals surface area contributed by atoms with Crippen LogP contribution in [0.3, 0.4) is 0 Å². The van der Waals surface area contributed by atoms with Crippen molar-refractivity contribution in [2.24, 2.45) is 0 Å². The molecule has 0 bridgehead atoms. The predicted molar refractivity (Wildman–Crippen MR) is 127 cm³/mol. The first-order valence-electron chi connectivity index (χ1n) is 10.8. The average molecular weight is 497 g/mol. The SMILES string of the molecule is FC(F)(F)c1ccc(C#Cc2cc(OCc3ccccc3)c(OCC3=CC=CCC3)nn2)c(Cl)c1. The standard InChI is InChI=1S/C27H20ClF3N2O2/c28-24-15-22(27(29,30)31)13-11-21(24)12-14-23-16-25(34-17-19-7-3-1-4-8-19)26(33-32-23)35-18-20-9-5-2-6-10-20/h1-5,7-9,11,13,15-16H,6,10,17-18H2. The molecule has 178 valence electrons. The molecule has 0 amide bonds. The number of ether oxygens (including phenoxy) is 2. The molecule has 0 radical (unpaired) electrons. The Balaban J connectivity index is 1.56. The topological polar surface area (TPSA) is 44.2 Å². The van der Waals surface area contributed by atoms with E-state index in [1.54, 1.807) is 6.07 Å². The monoisotopic (exact) mass is 496 g/mol. The van der Waals surface area contributed by atoms with Gasteiger partial charge in [0.15, 0.2) is 5.75 Å². The number of benzene rings is 2. The second-order valence-corrected chi connectivity index (χ2v) is 8.10. The van der Waals surface area contributed by atoms with E-state index in [0.717, 1.165) is 36.1 Å². The fraction of sp³-hybridized carbons (Fsp3) is 0.185. The van der Waals surface area contributed by atoms with E-state index in [2.05, 4.69) is 28.1 Å². The molecule has 4 nitrogen and oxygen atoms in total. The fourth-order valence-corrected chi connectivity index (χ4v) is 3.45. The van der Waals surface area contributed by atoms with E-state index in [4.69, 9.17) is 21.1 Å². The van der Waals surface area contributed by atoms with Crippen molar-refractivity contribution in [3.63, 3.8) is 0 Å². The number of aromatic nitrogens is 2. The van der Waals surface area contributed by atoms with Crippen molar-refractivity contribution in [1.82, 2.24) is 10.2 Å². The first-order valence-corrected chi connectivity index (χ1v) is 11.2. The van der Waals surface area contributed by atoms with Gasteiger partial charge in [-0.3, -0.25) is 0 Å². The molecule has 8 heteroatoms. The van der Waals surface area contributed by atoms with Crippen LogP contribution in [0.25, 0.3) is 0 Å². The van der Waals surface area contributed by atoms with E-state index in [-0.39, 0.29) is 28.8 Å². The van der Waals surface area contributed by atoms with Crippen molar-refractivity contribution in [3.8, 4) is 23.5 Å². The highest BCUT2D eigenvalue weighted by atomic mass is 35.5. The average Bonchev–Trinajstić information content (AvgIpc) is 2.86. The Bertz CT molecular complexity index is 1310. The van der Waals surface area contributed by atoms with Gasteiger partial charge in [-0.15, -0.1) is 10.2 Å². The zero-order valence-corrected chi connectivity index (χ0v) is 19.2. The van der Waals surface area contributed by atoms with E-state index in [1.165, 1.54) is 6.07 Å². The second-order valence-electron chi connectivity index (χ2n) is 7.70.